The lowest BCUT2D eigenvalue weighted by Crippen LogP contribution is -2.15. The molecule has 0 heterocycles. The molecule has 2 amide bonds. The van der Waals surface area contributed by atoms with Crippen LogP contribution in [0.3, 0.4) is 0 Å². The highest BCUT2D eigenvalue weighted by molar-refractivity contribution is 7.99. The van der Waals surface area contributed by atoms with Gasteiger partial charge in [-0.25, -0.2) is 8.78 Å². The first kappa shape index (κ1) is 19.9. The Hall–Kier alpha value is -2.41. The van der Waals surface area contributed by atoms with Crippen LogP contribution in [0.4, 0.5) is 20.2 Å². The van der Waals surface area contributed by atoms with Gasteiger partial charge >= 0.3 is 0 Å². The van der Waals surface area contributed by atoms with Crippen LogP contribution < -0.4 is 10.6 Å². The largest absolute Gasteiger partial charge is 0.326 e. The lowest BCUT2D eigenvalue weighted by Gasteiger charge is -2.07. The van der Waals surface area contributed by atoms with E-state index >= 15 is 0 Å². The van der Waals surface area contributed by atoms with Crippen molar-refractivity contribution in [3.8, 4) is 0 Å². The summed E-state index contributed by atoms with van der Waals surface area (Å²) in [6.07, 6.45) is 1.01. The second-order valence-electron chi connectivity index (χ2n) is 5.75. The maximum absolute atomic E-state index is 13.1. The van der Waals surface area contributed by atoms with Gasteiger partial charge < -0.3 is 10.6 Å². The molecule has 2 rings (SSSR count). The maximum atomic E-state index is 13.1. The van der Waals surface area contributed by atoms with Crippen molar-refractivity contribution in [3.63, 3.8) is 0 Å². The van der Waals surface area contributed by atoms with E-state index in [1.807, 2.05) is 31.2 Å². The lowest BCUT2D eigenvalue weighted by molar-refractivity contribution is -0.116. The molecule has 2 aromatic carbocycles. The number of anilines is 2. The van der Waals surface area contributed by atoms with Crippen molar-refractivity contribution in [1.29, 1.82) is 0 Å². The van der Waals surface area contributed by atoms with E-state index in [1.54, 1.807) is 0 Å². The molecule has 0 atom stereocenters. The van der Waals surface area contributed by atoms with Crippen LogP contribution in [0.5, 0.6) is 0 Å². The van der Waals surface area contributed by atoms with Gasteiger partial charge in [0.15, 0.2) is 11.6 Å². The van der Waals surface area contributed by atoms with E-state index in [-0.39, 0.29) is 23.3 Å². The van der Waals surface area contributed by atoms with Gasteiger partial charge in [0.2, 0.25) is 11.8 Å². The van der Waals surface area contributed by atoms with E-state index < -0.39 is 11.6 Å². The van der Waals surface area contributed by atoms with E-state index in [9.17, 15) is 18.4 Å². The minimum Gasteiger partial charge on any atom is -0.326 e. The molecule has 0 spiro atoms. The summed E-state index contributed by atoms with van der Waals surface area (Å²) in [6.45, 7) is 1.96. The third-order valence-corrected chi connectivity index (χ3v) is 4.47. The van der Waals surface area contributed by atoms with Crippen molar-refractivity contribution in [1.82, 2.24) is 0 Å². The number of rotatable bonds is 8. The van der Waals surface area contributed by atoms with E-state index in [4.69, 9.17) is 0 Å². The Morgan fingerprint density at radius 2 is 1.69 bits per heavy atom. The van der Waals surface area contributed by atoms with Gasteiger partial charge in [-0.1, -0.05) is 12.1 Å². The molecule has 7 heteroatoms. The number of aryl methyl sites for hydroxylation is 1. The molecule has 138 valence electrons. The number of nitrogens with one attached hydrogen (secondary N) is 2. The van der Waals surface area contributed by atoms with Crippen molar-refractivity contribution in [2.24, 2.45) is 0 Å². The third-order valence-electron chi connectivity index (χ3n) is 3.43. The van der Waals surface area contributed by atoms with Gasteiger partial charge in [-0.05, 0) is 48.9 Å². The molecule has 0 aliphatic rings. The Kier molecular flexibility index (Phi) is 7.59. The molecular formula is C19H20F2N2O2S. The summed E-state index contributed by atoms with van der Waals surface area (Å²) >= 11 is 1.38. The fourth-order valence-corrected chi connectivity index (χ4v) is 2.97. The van der Waals surface area contributed by atoms with Gasteiger partial charge in [0, 0.05) is 23.9 Å². The first-order valence-corrected chi connectivity index (χ1v) is 9.28. The second kappa shape index (κ2) is 9.91. The zero-order valence-electron chi connectivity index (χ0n) is 14.4. The average molecular weight is 378 g/mol. The van der Waals surface area contributed by atoms with Gasteiger partial charge in [-0.3, -0.25) is 9.59 Å². The minimum atomic E-state index is -1.00. The normalized spacial score (nSPS) is 10.4. The molecule has 0 aliphatic carbocycles. The van der Waals surface area contributed by atoms with Crippen LogP contribution in [0, 0.1) is 18.6 Å². The van der Waals surface area contributed by atoms with E-state index in [1.165, 1.54) is 17.8 Å². The summed E-state index contributed by atoms with van der Waals surface area (Å²) in [7, 11) is 0. The highest BCUT2D eigenvalue weighted by Crippen LogP contribution is 2.14. The summed E-state index contributed by atoms with van der Waals surface area (Å²) in [5.74, 6) is -1.51. The van der Waals surface area contributed by atoms with Crippen LogP contribution in [0.2, 0.25) is 0 Å². The molecule has 2 aromatic rings. The predicted octanol–water partition coefficient (Wildman–Crippen LogP) is 4.36. The molecule has 0 unspecified atom stereocenters. The number of halogens is 2. The quantitative estimate of drug-likeness (QED) is 0.671. The van der Waals surface area contributed by atoms with Crippen molar-refractivity contribution in [2.75, 3.05) is 22.1 Å². The van der Waals surface area contributed by atoms with Crippen molar-refractivity contribution >= 4 is 35.0 Å². The number of carbonyl (C=O) groups is 2. The molecule has 0 fully saturated rings. The zero-order chi connectivity index (χ0) is 18.9. The molecule has 0 saturated carbocycles. The number of thioether (sulfide) groups is 1. The van der Waals surface area contributed by atoms with E-state index in [2.05, 4.69) is 10.6 Å². The fourth-order valence-electron chi connectivity index (χ4n) is 2.22. The molecule has 2 N–H and O–H groups in total. The van der Waals surface area contributed by atoms with Gasteiger partial charge in [-0.2, -0.15) is 11.8 Å². The number of hydrogen-bond donors (Lipinski definition) is 2. The van der Waals surface area contributed by atoms with Crippen LogP contribution in [0.15, 0.2) is 42.5 Å². The SMILES string of the molecule is Cc1cccc(NC(=O)CCCSCC(=O)Nc2ccc(F)c(F)c2)c1. The number of hydrogen-bond acceptors (Lipinski definition) is 3. The summed E-state index contributed by atoms with van der Waals surface area (Å²) in [5, 5.41) is 5.33. The number of carbonyl (C=O) groups excluding carboxylic acids is 2. The van der Waals surface area contributed by atoms with Gasteiger partial charge in [0.05, 0.1) is 5.75 Å². The lowest BCUT2D eigenvalue weighted by atomic mass is 10.2. The Morgan fingerprint density at radius 1 is 0.962 bits per heavy atom. The highest BCUT2D eigenvalue weighted by atomic mass is 32.2. The molecule has 0 aliphatic heterocycles. The van der Waals surface area contributed by atoms with E-state index in [0.29, 0.717) is 18.6 Å². The molecule has 0 bridgehead atoms. The van der Waals surface area contributed by atoms with Gasteiger partial charge in [0.25, 0.3) is 0 Å². The molecule has 0 saturated heterocycles. The van der Waals surface area contributed by atoms with E-state index in [0.717, 1.165) is 23.4 Å². The standard InChI is InChI=1S/C19H20F2N2O2S/c1-13-4-2-5-14(10-13)22-18(24)6-3-9-26-12-19(25)23-15-7-8-16(20)17(21)11-15/h2,4-5,7-8,10-11H,3,6,9,12H2,1H3,(H,22,24)(H,23,25). The highest BCUT2D eigenvalue weighted by Gasteiger charge is 2.07. The van der Waals surface area contributed by atoms with Gasteiger partial charge in [0.1, 0.15) is 0 Å². The minimum absolute atomic E-state index is 0.0672. The van der Waals surface area contributed by atoms with Crippen LogP contribution in [-0.2, 0) is 9.59 Å². The van der Waals surface area contributed by atoms with Crippen molar-refractivity contribution in [3.05, 3.63) is 59.7 Å². The van der Waals surface area contributed by atoms with Crippen LogP contribution in [-0.4, -0.2) is 23.3 Å². The second-order valence-corrected chi connectivity index (χ2v) is 6.86. The fraction of sp³-hybridized carbons (Fsp3) is 0.263. The average Bonchev–Trinajstić information content (AvgIpc) is 2.58. The smallest absolute Gasteiger partial charge is 0.234 e. The van der Waals surface area contributed by atoms with Crippen molar-refractivity contribution < 1.29 is 18.4 Å². The topological polar surface area (TPSA) is 58.2 Å². The van der Waals surface area contributed by atoms with Crippen molar-refractivity contribution in [2.45, 2.75) is 19.8 Å². The molecular weight excluding hydrogens is 358 g/mol. The Balaban J connectivity index is 1.61. The molecule has 26 heavy (non-hydrogen) atoms. The molecule has 0 aromatic heterocycles. The van der Waals surface area contributed by atoms with Crippen LogP contribution in [0.1, 0.15) is 18.4 Å². The number of amides is 2. The summed E-state index contributed by atoms with van der Waals surface area (Å²) in [5.41, 5.74) is 2.06. The summed E-state index contributed by atoms with van der Waals surface area (Å²) in [4.78, 5) is 23.6. The van der Waals surface area contributed by atoms with Crippen LogP contribution >= 0.6 is 11.8 Å². The Labute approximate surface area is 155 Å². The Bertz CT molecular complexity index is 784. The first-order chi connectivity index (χ1) is 12.4. The maximum Gasteiger partial charge on any atom is 0.234 e. The summed E-state index contributed by atoms with van der Waals surface area (Å²) < 4.78 is 25.9. The van der Waals surface area contributed by atoms with Gasteiger partial charge in [-0.15, -0.1) is 0 Å². The number of benzene rings is 2. The third kappa shape index (κ3) is 6.84. The monoisotopic (exact) mass is 378 g/mol. The predicted molar refractivity (Wildman–Crippen MR) is 101 cm³/mol. The Morgan fingerprint density at radius 3 is 2.42 bits per heavy atom. The molecule has 0 radical (unpaired) electrons. The first-order valence-electron chi connectivity index (χ1n) is 8.13. The van der Waals surface area contributed by atoms with Crippen LogP contribution in [0.25, 0.3) is 0 Å². The molecule has 4 nitrogen and oxygen atoms in total. The summed E-state index contributed by atoms with van der Waals surface area (Å²) in [6, 6.07) is 10.8. The zero-order valence-corrected chi connectivity index (χ0v) is 15.2.